The van der Waals surface area contributed by atoms with Crippen LogP contribution in [0.2, 0.25) is 0 Å². The van der Waals surface area contributed by atoms with Crippen LogP contribution in [0.3, 0.4) is 0 Å². The number of nitrogens with one attached hydrogen (secondary N) is 1. The number of halogens is 1. The van der Waals surface area contributed by atoms with Gasteiger partial charge in [0, 0.05) is 19.0 Å². The third-order valence-corrected chi connectivity index (χ3v) is 2.58. The molecule has 80 valence electrons. The Balaban J connectivity index is 2.34. The number of rotatable bonds is 4. The first kappa shape index (κ1) is 10.3. The van der Waals surface area contributed by atoms with Crippen molar-refractivity contribution in [1.29, 1.82) is 0 Å². The molecule has 1 N–H and O–H groups in total. The second kappa shape index (κ2) is 4.53. The van der Waals surface area contributed by atoms with Gasteiger partial charge in [0.15, 0.2) is 0 Å². The Morgan fingerprint density at radius 1 is 1.40 bits per heavy atom. The number of aromatic nitrogens is 2. The fourth-order valence-corrected chi connectivity index (χ4v) is 1.81. The third-order valence-electron chi connectivity index (χ3n) is 2.41. The Hall–Kier alpha value is -1.22. The molecule has 0 atom stereocenters. The van der Waals surface area contributed by atoms with Crippen LogP contribution in [0.5, 0.6) is 0 Å². The van der Waals surface area contributed by atoms with E-state index in [1.165, 1.54) is 0 Å². The number of nitrogens with zero attached hydrogens (tertiary/aromatic N) is 2. The standard InChI is InChI=1S/C11H14ClN3/c1-2-15(8-7-12)11-13-9-5-3-4-6-10(9)14-11/h3-6H,2,7-8H2,1H3,(H,13,14). The molecule has 0 spiro atoms. The molecule has 0 saturated carbocycles. The van der Waals surface area contributed by atoms with Gasteiger partial charge in [-0.2, -0.15) is 0 Å². The summed E-state index contributed by atoms with van der Waals surface area (Å²) in [5.74, 6) is 1.52. The average Bonchev–Trinajstić information content (AvgIpc) is 2.69. The Morgan fingerprint density at radius 3 is 2.87 bits per heavy atom. The summed E-state index contributed by atoms with van der Waals surface area (Å²) in [6.45, 7) is 3.82. The van der Waals surface area contributed by atoms with Crippen LogP contribution in [0.4, 0.5) is 5.95 Å². The molecular weight excluding hydrogens is 210 g/mol. The molecule has 0 amide bonds. The van der Waals surface area contributed by atoms with Crippen molar-refractivity contribution in [3.8, 4) is 0 Å². The SMILES string of the molecule is CCN(CCCl)c1nc2ccccc2[nH]1. The van der Waals surface area contributed by atoms with Crippen LogP contribution >= 0.6 is 11.6 Å². The van der Waals surface area contributed by atoms with Gasteiger partial charge in [0.05, 0.1) is 11.0 Å². The Kier molecular flexibility index (Phi) is 3.11. The van der Waals surface area contributed by atoms with E-state index in [1.54, 1.807) is 0 Å². The molecule has 0 bridgehead atoms. The molecular formula is C11H14ClN3. The van der Waals surface area contributed by atoms with Crippen molar-refractivity contribution in [1.82, 2.24) is 9.97 Å². The van der Waals surface area contributed by atoms with Crippen LogP contribution < -0.4 is 4.90 Å². The van der Waals surface area contributed by atoms with Gasteiger partial charge in [0.2, 0.25) is 5.95 Å². The third kappa shape index (κ3) is 2.07. The molecule has 0 fully saturated rings. The zero-order chi connectivity index (χ0) is 10.7. The molecule has 15 heavy (non-hydrogen) atoms. The molecule has 0 aliphatic rings. The quantitative estimate of drug-likeness (QED) is 0.809. The fraction of sp³-hybridized carbons (Fsp3) is 0.364. The van der Waals surface area contributed by atoms with Gasteiger partial charge in [0.1, 0.15) is 0 Å². The van der Waals surface area contributed by atoms with Crippen molar-refractivity contribution in [2.45, 2.75) is 6.92 Å². The van der Waals surface area contributed by atoms with Crippen LogP contribution in [0.1, 0.15) is 6.92 Å². The molecule has 0 unspecified atom stereocenters. The zero-order valence-electron chi connectivity index (χ0n) is 8.70. The number of anilines is 1. The smallest absolute Gasteiger partial charge is 0.203 e. The van der Waals surface area contributed by atoms with Crippen LogP contribution in [0.15, 0.2) is 24.3 Å². The highest BCUT2D eigenvalue weighted by Crippen LogP contribution is 2.16. The summed E-state index contributed by atoms with van der Waals surface area (Å²) in [6.07, 6.45) is 0. The van der Waals surface area contributed by atoms with E-state index in [9.17, 15) is 0 Å². The Labute approximate surface area is 94.1 Å². The van der Waals surface area contributed by atoms with E-state index in [4.69, 9.17) is 11.6 Å². The van der Waals surface area contributed by atoms with Gasteiger partial charge in [-0.3, -0.25) is 0 Å². The maximum atomic E-state index is 5.74. The van der Waals surface area contributed by atoms with Crippen molar-refractivity contribution in [3.63, 3.8) is 0 Å². The Morgan fingerprint density at radius 2 is 2.20 bits per heavy atom. The van der Waals surface area contributed by atoms with Gasteiger partial charge in [-0.05, 0) is 19.1 Å². The first-order valence-electron chi connectivity index (χ1n) is 5.10. The van der Waals surface area contributed by atoms with Crippen LogP contribution in [0, 0.1) is 0 Å². The number of fused-ring (bicyclic) bond motifs is 1. The molecule has 2 aromatic rings. The minimum atomic E-state index is 0.616. The maximum Gasteiger partial charge on any atom is 0.203 e. The number of hydrogen-bond donors (Lipinski definition) is 1. The average molecular weight is 224 g/mol. The Bertz CT molecular complexity index is 405. The molecule has 0 saturated heterocycles. The van der Waals surface area contributed by atoms with E-state index in [-0.39, 0.29) is 0 Å². The van der Waals surface area contributed by atoms with Gasteiger partial charge in [-0.15, -0.1) is 11.6 Å². The molecule has 0 aliphatic carbocycles. The lowest BCUT2D eigenvalue weighted by Crippen LogP contribution is -2.25. The summed E-state index contributed by atoms with van der Waals surface area (Å²) in [4.78, 5) is 9.93. The predicted molar refractivity (Wildman–Crippen MR) is 64.7 cm³/mol. The minimum Gasteiger partial charge on any atom is -0.341 e. The van der Waals surface area contributed by atoms with Crippen molar-refractivity contribution in [2.24, 2.45) is 0 Å². The summed E-state index contributed by atoms with van der Waals surface area (Å²) in [5, 5.41) is 0. The molecule has 1 aromatic carbocycles. The lowest BCUT2D eigenvalue weighted by Gasteiger charge is -2.17. The first-order chi connectivity index (χ1) is 7.35. The van der Waals surface area contributed by atoms with E-state index < -0.39 is 0 Å². The number of benzene rings is 1. The maximum absolute atomic E-state index is 5.74. The van der Waals surface area contributed by atoms with Gasteiger partial charge in [0.25, 0.3) is 0 Å². The van der Waals surface area contributed by atoms with E-state index in [1.807, 2.05) is 24.3 Å². The largest absolute Gasteiger partial charge is 0.341 e. The van der Waals surface area contributed by atoms with Gasteiger partial charge >= 0.3 is 0 Å². The lowest BCUT2D eigenvalue weighted by atomic mass is 10.3. The first-order valence-corrected chi connectivity index (χ1v) is 5.64. The molecule has 2 rings (SSSR count). The van der Waals surface area contributed by atoms with Gasteiger partial charge in [-0.1, -0.05) is 12.1 Å². The molecule has 0 radical (unpaired) electrons. The lowest BCUT2D eigenvalue weighted by molar-refractivity contribution is 0.838. The van der Waals surface area contributed by atoms with Crippen molar-refractivity contribution >= 4 is 28.6 Å². The fourth-order valence-electron chi connectivity index (χ4n) is 1.60. The highest BCUT2D eigenvalue weighted by atomic mass is 35.5. The number of aromatic amines is 1. The predicted octanol–water partition coefficient (Wildman–Crippen LogP) is 2.63. The van der Waals surface area contributed by atoms with Crippen LogP contribution in [0.25, 0.3) is 11.0 Å². The highest BCUT2D eigenvalue weighted by molar-refractivity contribution is 6.18. The van der Waals surface area contributed by atoms with Crippen molar-refractivity contribution < 1.29 is 0 Å². The number of imidazole rings is 1. The number of H-pyrrole nitrogens is 1. The number of para-hydroxylation sites is 2. The molecule has 1 heterocycles. The molecule has 4 heteroatoms. The van der Waals surface area contributed by atoms with Gasteiger partial charge < -0.3 is 9.88 Å². The number of hydrogen-bond acceptors (Lipinski definition) is 2. The summed E-state index contributed by atoms with van der Waals surface area (Å²) in [5.41, 5.74) is 2.07. The molecule has 3 nitrogen and oxygen atoms in total. The van der Waals surface area contributed by atoms with E-state index >= 15 is 0 Å². The summed E-state index contributed by atoms with van der Waals surface area (Å²) in [7, 11) is 0. The normalized spacial score (nSPS) is 10.8. The second-order valence-corrected chi connectivity index (χ2v) is 3.72. The minimum absolute atomic E-state index is 0.616. The number of alkyl halides is 1. The second-order valence-electron chi connectivity index (χ2n) is 3.35. The molecule has 0 aliphatic heterocycles. The summed E-state index contributed by atoms with van der Waals surface area (Å²) >= 11 is 5.74. The van der Waals surface area contributed by atoms with E-state index in [0.717, 1.165) is 30.1 Å². The zero-order valence-corrected chi connectivity index (χ0v) is 9.46. The van der Waals surface area contributed by atoms with Crippen LogP contribution in [-0.2, 0) is 0 Å². The van der Waals surface area contributed by atoms with Crippen LogP contribution in [-0.4, -0.2) is 28.9 Å². The van der Waals surface area contributed by atoms with E-state index in [2.05, 4.69) is 21.8 Å². The monoisotopic (exact) mass is 223 g/mol. The summed E-state index contributed by atoms with van der Waals surface area (Å²) < 4.78 is 0. The van der Waals surface area contributed by atoms with Crippen molar-refractivity contribution in [2.75, 3.05) is 23.9 Å². The topological polar surface area (TPSA) is 31.9 Å². The van der Waals surface area contributed by atoms with Gasteiger partial charge in [-0.25, -0.2) is 4.98 Å². The highest BCUT2D eigenvalue weighted by Gasteiger charge is 2.08. The van der Waals surface area contributed by atoms with Crippen molar-refractivity contribution in [3.05, 3.63) is 24.3 Å². The summed E-state index contributed by atoms with van der Waals surface area (Å²) in [6, 6.07) is 8.02. The molecule has 1 aromatic heterocycles. The van der Waals surface area contributed by atoms with E-state index in [0.29, 0.717) is 5.88 Å².